The second-order valence-corrected chi connectivity index (χ2v) is 5.47. The van der Waals surface area contributed by atoms with E-state index >= 15 is 0 Å². The zero-order valence-electron chi connectivity index (χ0n) is 12.2. The SMILES string of the molecule is CCC(C)NC(=O)CNCCN(C)C1CCCC1. The lowest BCUT2D eigenvalue weighted by Crippen LogP contribution is -2.41. The summed E-state index contributed by atoms with van der Waals surface area (Å²) in [5.74, 6) is 0.105. The summed E-state index contributed by atoms with van der Waals surface area (Å²) in [6, 6.07) is 1.04. The van der Waals surface area contributed by atoms with Crippen LogP contribution in [0, 0.1) is 0 Å². The van der Waals surface area contributed by atoms with Crippen molar-refractivity contribution in [2.45, 2.75) is 58.0 Å². The van der Waals surface area contributed by atoms with Gasteiger partial charge in [-0.25, -0.2) is 0 Å². The van der Waals surface area contributed by atoms with E-state index in [0.717, 1.165) is 25.6 Å². The largest absolute Gasteiger partial charge is 0.353 e. The topological polar surface area (TPSA) is 44.4 Å². The zero-order chi connectivity index (χ0) is 13.4. The number of hydrogen-bond donors (Lipinski definition) is 2. The van der Waals surface area contributed by atoms with Crippen LogP contribution in [0.2, 0.25) is 0 Å². The molecule has 0 radical (unpaired) electrons. The number of likely N-dealkylation sites (N-methyl/N-ethyl adjacent to an activating group) is 1. The van der Waals surface area contributed by atoms with Crippen LogP contribution in [-0.2, 0) is 4.79 Å². The molecule has 18 heavy (non-hydrogen) atoms. The molecule has 0 aliphatic heterocycles. The summed E-state index contributed by atoms with van der Waals surface area (Å²) in [5.41, 5.74) is 0. The molecule has 1 rings (SSSR count). The first kappa shape index (κ1) is 15.4. The maximum atomic E-state index is 11.5. The van der Waals surface area contributed by atoms with E-state index in [1.54, 1.807) is 0 Å². The van der Waals surface area contributed by atoms with E-state index in [9.17, 15) is 4.79 Å². The summed E-state index contributed by atoms with van der Waals surface area (Å²) >= 11 is 0. The van der Waals surface area contributed by atoms with Crippen molar-refractivity contribution in [3.05, 3.63) is 0 Å². The minimum Gasteiger partial charge on any atom is -0.353 e. The monoisotopic (exact) mass is 255 g/mol. The van der Waals surface area contributed by atoms with Gasteiger partial charge in [-0.05, 0) is 33.2 Å². The van der Waals surface area contributed by atoms with Crippen molar-refractivity contribution in [3.63, 3.8) is 0 Å². The lowest BCUT2D eigenvalue weighted by Gasteiger charge is -2.24. The Morgan fingerprint density at radius 3 is 2.67 bits per heavy atom. The highest BCUT2D eigenvalue weighted by atomic mass is 16.1. The van der Waals surface area contributed by atoms with E-state index in [1.807, 2.05) is 6.92 Å². The van der Waals surface area contributed by atoms with Crippen molar-refractivity contribution in [1.82, 2.24) is 15.5 Å². The van der Waals surface area contributed by atoms with Gasteiger partial charge in [0.05, 0.1) is 6.54 Å². The van der Waals surface area contributed by atoms with Crippen LogP contribution in [0.15, 0.2) is 0 Å². The van der Waals surface area contributed by atoms with Gasteiger partial charge < -0.3 is 15.5 Å². The van der Waals surface area contributed by atoms with Crippen LogP contribution in [0.4, 0.5) is 0 Å². The van der Waals surface area contributed by atoms with Crippen molar-refractivity contribution in [2.24, 2.45) is 0 Å². The number of amides is 1. The first-order chi connectivity index (χ1) is 8.63. The highest BCUT2D eigenvalue weighted by Crippen LogP contribution is 2.21. The maximum Gasteiger partial charge on any atom is 0.234 e. The average molecular weight is 255 g/mol. The summed E-state index contributed by atoms with van der Waals surface area (Å²) in [5, 5.41) is 6.17. The number of nitrogens with one attached hydrogen (secondary N) is 2. The maximum absolute atomic E-state index is 11.5. The molecule has 0 aromatic heterocycles. The molecule has 0 spiro atoms. The van der Waals surface area contributed by atoms with Gasteiger partial charge in [-0.2, -0.15) is 0 Å². The number of carbonyl (C=O) groups excluding carboxylic acids is 1. The van der Waals surface area contributed by atoms with Gasteiger partial charge in [0.2, 0.25) is 5.91 Å². The van der Waals surface area contributed by atoms with Crippen molar-refractivity contribution in [1.29, 1.82) is 0 Å². The molecule has 0 heterocycles. The molecule has 106 valence electrons. The molecule has 1 aliphatic carbocycles. The fourth-order valence-corrected chi connectivity index (χ4v) is 2.41. The highest BCUT2D eigenvalue weighted by molar-refractivity contribution is 5.78. The smallest absolute Gasteiger partial charge is 0.234 e. The predicted molar refractivity (Wildman–Crippen MR) is 75.7 cm³/mol. The number of rotatable bonds is 8. The Balaban J connectivity index is 2.02. The molecule has 2 N–H and O–H groups in total. The molecule has 1 fully saturated rings. The molecule has 1 saturated carbocycles. The fraction of sp³-hybridized carbons (Fsp3) is 0.929. The molecular weight excluding hydrogens is 226 g/mol. The lowest BCUT2D eigenvalue weighted by molar-refractivity contribution is -0.120. The summed E-state index contributed by atoms with van der Waals surface area (Å²) in [6.45, 7) is 6.46. The van der Waals surface area contributed by atoms with Gasteiger partial charge >= 0.3 is 0 Å². The average Bonchev–Trinajstić information content (AvgIpc) is 2.88. The second-order valence-electron chi connectivity index (χ2n) is 5.47. The Labute approximate surface area is 111 Å². The highest BCUT2D eigenvalue weighted by Gasteiger charge is 2.18. The van der Waals surface area contributed by atoms with Crippen molar-refractivity contribution < 1.29 is 4.79 Å². The molecule has 0 aromatic rings. The van der Waals surface area contributed by atoms with Gasteiger partial charge in [0.1, 0.15) is 0 Å². The Morgan fingerprint density at radius 1 is 1.39 bits per heavy atom. The van der Waals surface area contributed by atoms with E-state index in [1.165, 1.54) is 25.7 Å². The zero-order valence-corrected chi connectivity index (χ0v) is 12.2. The van der Waals surface area contributed by atoms with Gasteiger partial charge in [0, 0.05) is 25.2 Å². The minimum absolute atomic E-state index is 0.105. The van der Waals surface area contributed by atoms with E-state index in [0.29, 0.717) is 6.54 Å². The number of hydrogen-bond acceptors (Lipinski definition) is 3. The van der Waals surface area contributed by atoms with Crippen molar-refractivity contribution in [3.8, 4) is 0 Å². The first-order valence-electron chi connectivity index (χ1n) is 7.33. The summed E-state index contributed by atoms with van der Waals surface area (Å²) in [7, 11) is 2.19. The van der Waals surface area contributed by atoms with E-state index in [4.69, 9.17) is 0 Å². The van der Waals surface area contributed by atoms with E-state index in [-0.39, 0.29) is 11.9 Å². The molecule has 4 nitrogen and oxygen atoms in total. The van der Waals surface area contributed by atoms with Gasteiger partial charge in [0.15, 0.2) is 0 Å². The molecule has 1 aliphatic rings. The van der Waals surface area contributed by atoms with Crippen LogP contribution in [0.3, 0.4) is 0 Å². The first-order valence-corrected chi connectivity index (χ1v) is 7.33. The van der Waals surface area contributed by atoms with Crippen LogP contribution in [0.25, 0.3) is 0 Å². The van der Waals surface area contributed by atoms with Crippen molar-refractivity contribution >= 4 is 5.91 Å². The fourth-order valence-electron chi connectivity index (χ4n) is 2.41. The van der Waals surface area contributed by atoms with Crippen LogP contribution < -0.4 is 10.6 Å². The summed E-state index contributed by atoms with van der Waals surface area (Å²) in [6.07, 6.45) is 6.41. The molecule has 1 atom stereocenters. The third-order valence-electron chi connectivity index (χ3n) is 3.89. The summed E-state index contributed by atoms with van der Waals surface area (Å²) < 4.78 is 0. The van der Waals surface area contributed by atoms with Gasteiger partial charge in [0.25, 0.3) is 0 Å². The van der Waals surface area contributed by atoms with Gasteiger partial charge in [-0.15, -0.1) is 0 Å². The summed E-state index contributed by atoms with van der Waals surface area (Å²) in [4.78, 5) is 13.9. The Bertz CT molecular complexity index is 239. The molecule has 0 bridgehead atoms. The van der Waals surface area contributed by atoms with Gasteiger partial charge in [-0.3, -0.25) is 4.79 Å². The second kappa shape index (κ2) is 8.48. The van der Waals surface area contributed by atoms with E-state index < -0.39 is 0 Å². The Hall–Kier alpha value is -0.610. The molecule has 1 amide bonds. The number of nitrogens with zero attached hydrogens (tertiary/aromatic N) is 1. The molecular formula is C14H29N3O. The normalized spacial score (nSPS) is 18.2. The predicted octanol–water partition coefficient (Wildman–Crippen LogP) is 1.37. The molecule has 1 unspecified atom stereocenters. The molecule has 4 heteroatoms. The van der Waals surface area contributed by atoms with E-state index in [2.05, 4.69) is 29.5 Å². The van der Waals surface area contributed by atoms with Crippen LogP contribution >= 0.6 is 0 Å². The Kier molecular flexibility index (Phi) is 7.28. The molecule has 0 saturated heterocycles. The van der Waals surface area contributed by atoms with Crippen LogP contribution in [0.5, 0.6) is 0 Å². The minimum atomic E-state index is 0.105. The Morgan fingerprint density at radius 2 is 2.06 bits per heavy atom. The number of carbonyl (C=O) groups is 1. The quantitative estimate of drug-likeness (QED) is 0.644. The third-order valence-corrected chi connectivity index (χ3v) is 3.89. The van der Waals surface area contributed by atoms with Crippen molar-refractivity contribution in [2.75, 3.05) is 26.7 Å². The van der Waals surface area contributed by atoms with Gasteiger partial charge in [-0.1, -0.05) is 19.8 Å². The lowest BCUT2D eigenvalue weighted by atomic mass is 10.2. The van der Waals surface area contributed by atoms with Crippen LogP contribution in [0.1, 0.15) is 46.0 Å². The standard InChI is InChI=1S/C14H29N3O/c1-4-12(2)16-14(18)11-15-9-10-17(3)13-7-5-6-8-13/h12-13,15H,4-11H2,1-3H3,(H,16,18). The van der Waals surface area contributed by atoms with Crippen LogP contribution in [-0.4, -0.2) is 49.6 Å². The third kappa shape index (κ3) is 5.83. The molecule has 0 aromatic carbocycles.